The van der Waals surface area contributed by atoms with Crippen LogP contribution in [-0.4, -0.2) is 17.6 Å². The molecule has 0 radical (unpaired) electrons. The number of hydrogen-bond donors (Lipinski definition) is 1. The minimum absolute atomic E-state index is 0.0338. The first-order chi connectivity index (χ1) is 13.5. The van der Waals surface area contributed by atoms with Crippen LogP contribution in [0.15, 0.2) is 42.5 Å². The van der Waals surface area contributed by atoms with E-state index in [1.165, 1.54) is 5.56 Å². The first-order valence-electron chi connectivity index (χ1n) is 9.94. The van der Waals surface area contributed by atoms with Crippen molar-refractivity contribution in [1.29, 1.82) is 0 Å². The molecule has 1 atom stereocenters. The Labute approximate surface area is 170 Å². The zero-order valence-corrected chi connectivity index (χ0v) is 17.2. The van der Waals surface area contributed by atoms with Gasteiger partial charge in [0.25, 0.3) is 0 Å². The first-order valence-corrected chi connectivity index (χ1v) is 11.0. The zero-order chi connectivity index (χ0) is 19.7. The monoisotopic (exact) mass is 394 g/mol. The van der Waals surface area contributed by atoms with Gasteiger partial charge >= 0.3 is 0 Å². The Morgan fingerprint density at radius 2 is 1.79 bits per heavy atom. The van der Waals surface area contributed by atoms with Crippen LogP contribution in [0.5, 0.6) is 0 Å². The van der Waals surface area contributed by atoms with E-state index in [0.717, 1.165) is 48.2 Å². The number of amides is 2. The molecule has 0 bridgehead atoms. The minimum atomic E-state index is -0.0338. The summed E-state index contributed by atoms with van der Waals surface area (Å²) >= 11 is 1.65. The lowest BCUT2D eigenvalue weighted by atomic mass is 10.1. The van der Waals surface area contributed by atoms with Gasteiger partial charge in [-0.1, -0.05) is 42.7 Å². The fraction of sp³-hybridized carbons (Fsp3) is 0.391. The summed E-state index contributed by atoms with van der Waals surface area (Å²) in [6.07, 6.45) is 4.29. The van der Waals surface area contributed by atoms with Crippen molar-refractivity contribution in [2.45, 2.75) is 44.9 Å². The molecule has 1 aliphatic carbocycles. The van der Waals surface area contributed by atoms with Crippen molar-refractivity contribution in [1.82, 2.24) is 0 Å². The summed E-state index contributed by atoms with van der Waals surface area (Å²) in [5.41, 5.74) is 5.19. The van der Waals surface area contributed by atoms with E-state index >= 15 is 0 Å². The molecule has 1 saturated carbocycles. The molecule has 1 saturated heterocycles. The maximum Gasteiger partial charge on any atom is 0.238 e. The molecule has 28 heavy (non-hydrogen) atoms. The number of hydrogen-bond acceptors (Lipinski definition) is 3. The Kier molecular flexibility index (Phi) is 5.44. The summed E-state index contributed by atoms with van der Waals surface area (Å²) in [7, 11) is 0. The second-order valence-corrected chi connectivity index (χ2v) is 8.88. The van der Waals surface area contributed by atoms with Crippen molar-refractivity contribution in [3.63, 3.8) is 0 Å². The molecule has 2 amide bonds. The number of carbonyl (C=O) groups excluding carboxylic acids is 2. The Hall–Kier alpha value is -2.27. The average Bonchev–Trinajstić information content (AvgIpc) is 3.33. The molecular formula is C23H26N2O2S. The van der Waals surface area contributed by atoms with E-state index in [1.54, 1.807) is 11.8 Å². The molecule has 0 spiro atoms. The van der Waals surface area contributed by atoms with E-state index in [9.17, 15) is 9.59 Å². The standard InChI is InChI=1S/C23H26N2O2S/c1-15-7-12-20(16(2)13-15)25-21(26)14-28-23(25)18-8-10-19(11-9-18)24-22(27)17-5-3-4-6-17/h7-13,17,23H,3-6,14H2,1-2H3,(H,24,27)/t23-/m0/s1. The highest BCUT2D eigenvalue weighted by Crippen LogP contribution is 2.43. The molecule has 2 aromatic carbocycles. The van der Waals surface area contributed by atoms with E-state index in [1.807, 2.05) is 35.2 Å². The van der Waals surface area contributed by atoms with Crippen LogP contribution < -0.4 is 10.2 Å². The Balaban J connectivity index is 1.52. The molecule has 0 aromatic heterocycles. The Bertz CT molecular complexity index is 888. The Morgan fingerprint density at radius 1 is 1.07 bits per heavy atom. The van der Waals surface area contributed by atoms with Crippen LogP contribution in [0.3, 0.4) is 0 Å². The fourth-order valence-electron chi connectivity index (χ4n) is 4.17. The molecule has 4 nitrogen and oxygen atoms in total. The van der Waals surface area contributed by atoms with Gasteiger partial charge in [0.2, 0.25) is 11.8 Å². The number of nitrogens with one attached hydrogen (secondary N) is 1. The molecule has 0 unspecified atom stereocenters. The van der Waals surface area contributed by atoms with E-state index in [4.69, 9.17) is 0 Å². The van der Waals surface area contributed by atoms with Crippen LogP contribution in [0, 0.1) is 19.8 Å². The molecule has 5 heteroatoms. The summed E-state index contributed by atoms with van der Waals surface area (Å²) in [5.74, 6) is 0.911. The number of nitrogens with zero attached hydrogens (tertiary/aromatic N) is 1. The summed E-state index contributed by atoms with van der Waals surface area (Å²) in [6, 6.07) is 14.2. The van der Waals surface area contributed by atoms with Gasteiger partial charge in [-0.15, -0.1) is 11.8 Å². The van der Waals surface area contributed by atoms with Gasteiger partial charge in [-0.3, -0.25) is 14.5 Å². The zero-order valence-electron chi connectivity index (χ0n) is 16.4. The van der Waals surface area contributed by atoms with Crippen molar-refractivity contribution in [2.24, 2.45) is 5.92 Å². The van der Waals surface area contributed by atoms with Crippen molar-refractivity contribution < 1.29 is 9.59 Å². The molecule has 2 fully saturated rings. The molecule has 146 valence electrons. The molecule has 1 heterocycles. The van der Waals surface area contributed by atoms with Gasteiger partial charge in [-0.2, -0.15) is 0 Å². The highest BCUT2D eigenvalue weighted by atomic mass is 32.2. The predicted octanol–water partition coefficient (Wildman–Crippen LogP) is 5.21. The van der Waals surface area contributed by atoms with E-state index in [0.29, 0.717) is 5.75 Å². The number of anilines is 2. The molecule has 1 aliphatic heterocycles. The summed E-state index contributed by atoms with van der Waals surface area (Å²) < 4.78 is 0. The number of aryl methyl sites for hydroxylation is 2. The van der Waals surface area contributed by atoms with Gasteiger partial charge in [-0.25, -0.2) is 0 Å². The van der Waals surface area contributed by atoms with Gasteiger partial charge in [0, 0.05) is 17.3 Å². The largest absolute Gasteiger partial charge is 0.326 e. The number of carbonyl (C=O) groups is 2. The molecule has 4 rings (SSSR count). The van der Waals surface area contributed by atoms with Gasteiger partial charge in [0.05, 0.1) is 5.75 Å². The number of rotatable bonds is 4. The third-order valence-corrected chi connectivity index (χ3v) is 6.88. The number of thioether (sulfide) groups is 1. The Morgan fingerprint density at radius 3 is 2.46 bits per heavy atom. The van der Waals surface area contributed by atoms with Crippen LogP contribution in [-0.2, 0) is 9.59 Å². The minimum Gasteiger partial charge on any atom is -0.326 e. The topological polar surface area (TPSA) is 49.4 Å². The molecule has 2 aliphatic rings. The molecular weight excluding hydrogens is 368 g/mol. The summed E-state index contributed by atoms with van der Waals surface area (Å²) in [4.78, 5) is 26.8. The first kappa shape index (κ1) is 19.1. The van der Waals surface area contributed by atoms with Gasteiger partial charge in [-0.05, 0) is 56.0 Å². The fourth-order valence-corrected chi connectivity index (χ4v) is 5.34. The quantitative estimate of drug-likeness (QED) is 0.774. The van der Waals surface area contributed by atoms with E-state index in [-0.39, 0.29) is 23.1 Å². The SMILES string of the molecule is Cc1ccc(N2C(=O)CS[C@H]2c2ccc(NC(=O)C3CCCC3)cc2)c(C)c1. The van der Waals surface area contributed by atoms with E-state index in [2.05, 4.69) is 31.3 Å². The van der Waals surface area contributed by atoms with Gasteiger partial charge in [0.15, 0.2) is 0 Å². The van der Waals surface area contributed by atoms with Crippen LogP contribution in [0.25, 0.3) is 0 Å². The van der Waals surface area contributed by atoms with Crippen molar-refractivity contribution >= 4 is 35.0 Å². The molecule has 1 N–H and O–H groups in total. The van der Waals surface area contributed by atoms with Crippen LogP contribution in [0.2, 0.25) is 0 Å². The second-order valence-electron chi connectivity index (χ2n) is 7.81. The normalized spacial score (nSPS) is 20.0. The van der Waals surface area contributed by atoms with Crippen molar-refractivity contribution in [2.75, 3.05) is 16.0 Å². The van der Waals surface area contributed by atoms with Crippen molar-refractivity contribution in [3.8, 4) is 0 Å². The van der Waals surface area contributed by atoms with Crippen LogP contribution in [0.1, 0.15) is 47.7 Å². The average molecular weight is 395 g/mol. The second kappa shape index (κ2) is 8.00. The maximum atomic E-state index is 12.6. The van der Waals surface area contributed by atoms with Gasteiger partial charge < -0.3 is 5.32 Å². The third-order valence-electron chi connectivity index (χ3n) is 5.67. The van der Waals surface area contributed by atoms with E-state index < -0.39 is 0 Å². The third kappa shape index (κ3) is 3.81. The maximum absolute atomic E-state index is 12.6. The lowest BCUT2D eigenvalue weighted by Gasteiger charge is -2.26. The lowest BCUT2D eigenvalue weighted by molar-refractivity contribution is -0.119. The molecule has 2 aromatic rings. The predicted molar refractivity (Wildman–Crippen MR) is 116 cm³/mol. The number of benzene rings is 2. The lowest BCUT2D eigenvalue weighted by Crippen LogP contribution is -2.28. The highest BCUT2D eigenvalue weighted by molar-refractivity contribution is 8.00. The smallest absolute Gasteiger partial charge is 0.238 e. The van der Waals surface area contributed by atoms with Crippen molar-refractivity contribution in [3.05, 3.63) is 59.2 Å². The summed E-state index contributed by atoms with van der Waals surface area (Å²) in [6.45, 7) is 4.12. The van der Waals surface area contributed by atoms with Crippen LogP contribution in [0.4, 0.5) is 11.4 Å². The highest BCUT2D eigenvalue weighted by Gasteiger charge is 2.34. The van der Waals surface area contributed by atoms with Gasteiger partial charge in [0.1, 0.15) is 5.37 Å². The van der Waals surface area contributed by atoms with Crippen LogP contribution >= 0.6 is 11.8 Å². The summed E-state index contributed by atoms with van der Waals surface area (Å²) in [5, 5.41) is 3.01.